The summed E-state index contributed by atoms with van der Waals surface area (Å²) in [4.78, 5) is 2.61. The molecule has 5 aliphatic rings. The van der Waals surface area contributed by atoms with Gasteiger partial charge in [0.1, 0.15) is 0 Å². The Labute approximate surface area is 404 Å². The minimum atomic E-state index is -0.0896. The van der Waals surface area contributed by atoms with E-state index < -0.39 is 0 Å². The van der Waals surface area contributed by atoms with Gasteiger partial charge in [-0.1, -0.05) is 215 Å². The Hall–Kier alpha value is -4.88. The first kappa shape index (κ1) is 44.6. The summed E-state index contributed by atoms with van der Waals surface area (Å²) in [6, 6.07) is 48.5. The smallest absolute Gasteiger partial charge is 0.0543 e. The van der Waals surface area contributed by atoms with Crippen LogP contribution in [0.15, 0.2) is 121 Å². The number of rotatable bonds is 7. The highest BCUT2D eigenvalue weighted by Crippen LogP contribution is 2.56. The van der Waals surface area contributed by atoms with Crippen molar-refractivity contribution < 1.29 is 0 Å². The van der Waals surface area contributed by atoms with Crippen molar-refractivity contribution in [3.05, 3.63) is 160 Å². The van der Waals surface area contributed by atoms with Crippen molar-refractivity contribution in [3.63, 3.8) is 0 Å². The molecule has 0 aromatic heterocycles. The maximum atomic E-state index is 2.82. The van der Waals surface area contributed by atoms with Crippen molar-refractivity contribution in [2.75, 3.05) is 4.90 Å². The molecule has 0 amide bonds. The predicted octanol–water partition coefficient (Wildman–Crippen LogP) is 19.9. The van der Waals surface area contributed by atoms with Gasteiger partial charge in [-0.2, -0.15) is 0 Å². The highest BCUT2D eigenvalue weighted by Gasteiger charge is 2.39. The average Bonchev–Trinajstić information content (AvgIpc) is 3.68. The summed E-state index contributed by atoms with van der Waals surface area (Å²) in [6.45, 7) is 9.67. The van der Waals surface area contributed by atoms with E-state index in [0.717, 1.165) is 0 Å². The summed E-state index contributed by atoms with van der Waals surface area (Å²) >= 11 is 0. The number of hydrogen-bond acceptors (Lipinski definition) is 1. The van der Waals surface area contributed by atoms with E-state index in [1.807, 2.05) is 0 Å². The Kier molecular flexibility index (Phi) is 12.6. The fraction of sp³-hybridized carbons (Fsp3) is 0.455. The molecule has 67 heavy (non-hydrogen) atoms. The molecule has 6 aromatic rings. The maximum Gasteiger partial charge on any atom is 0.0543 e. The second-order valence-electron chi connectivity index (χ2n) is 22.9. The van der Waals surface area contributed by atoms with Crippen molar-refractivity contribution >= 4 is 17.1 Å². The average molecular weight is 884 g/mol. The molecule has 346 valence electrons. The van der Waals surface area contributed by atoms with Crippen LogP contribution in [0.4, 0.5) is 17.1 Å². The molecule has 0 radical (unpaired) electrons. The second kappa shape index (κ2) is 18.9. The van der Waals surface area contributed by atoms with Crippen molar-refractivity contribution in [2.24, 2.45) is 0 Å². The van der Waals surface area contributed by atoms with E-state index >= 15 is 0 Å². The van der Waals surface area contributed by atoms with E-state index in [9.17, 15) is 0 Å². The molecular weight excluding hydrogens is 807 g/mol. The van der Waals surface area contributed by atoms with Crippen LogP contribution in [0.3, 0.4) is 0 Å². The van der Waals surface area contributed by atoms with E-state index in [4.69, 9.17) is 0 Å². The molecule has 1 heteroatoms. The third-order valence-corrected chi connectivity index (χ3v) is 18.0. The Bertz CT molecular complexity index is 2640. The van der Waals surface area contributed by atoms with Crippen LogP contribution in [0.1, 0.15) is 219 Å². The van der Waals surface area contributed by atoms with E-state index in [-0.39, 0.29) is 10.8 Å². The Morgan fingerprint density at radius 3 is 1.39 bits per heavy atom. The van der Waals surface area contributed by atoms with Crippen LogP contribution < -0.4 is 4.90 Å². The molecule has 0 heterocycles. The minimum Gasteiger partial charge on any atom is -0.310 e. The zero-order valence-electron chi connectivity index (χ0n) is 41.6. The quantitative estimate of drug-likeness (QED) is 0.154. The highest BCUT2D eigenvalue weighted by atomic mass is 15.1. The molecule has 0 unspecified atom stereocenters. The zero-order chi connectivity index (χ0) is 45.5. The summed E-state index contributed by atoms with van der Waals surface area (Å²) in [5.74, 6) is 1.99. The maximum absolute atomic E-state index is 2.82. The van der Waals surface area contributed by atoms with Crippen LogP contribution in [0.25, 0.3) is 33.4 Å². The lowest BCUT2D eigenvalue weighted by atomic mass is 9.73. The van der Waals surface area contributed by atoms with Gasteiger partial charge in [0, 0.05) is 27.8 Å². The number of anilines is 3. The second-order valence-corrected chi connectivity index (χ2v) is 22.9. The van der Waals surface area contributed by atoms with Crippen molar-refractivity contribution in [3.8, 4) is 33.4 Å². The first-order valence-corrected chi connectivity index (χ1v) is 27.3. The first-order chi connectivity index (χ1) is 32.8. The van der Waals surface area contributed by atoms with Gasteiger partial charge in [0.15, 0.2) is 0 Å². The largest absolute Gasteiger partial charge is 0.310 e. The number of hydrogen-bond donors (Lipinski definition) is 0. The molecule has 11 rings (SSSR count). The van der Waals surface area contributed by atoms with Gasteiger partial charge >= 0.3 is 0 Å². The van der Waals surface area contributed by atoms with Crippen LogP contribution in [0.2, 0.25) is 0 Å². The van der Waals surface area contributed by atoms with Crippen LogP contribution in [0.5, 0.6) is 0 Å². The number of nitrogens with zero attached hydrogens (tertiary/aromatic N) is 1. The van der Waals surface area contributed by atoms with Gasteiger partial charge in [-0.25, -0.2) is 0 Å². The lowest BCUT2D eigenvalue weighted by Gasteiger charge is -2.32. The van der Waals surface area contributed by atoms with Crippen LogP contribution in [-0.4, -0.2) is 0 Å². The standard InChI is InChI=1S/C66H77N/c1-65(2)59-34-23-21-32-55(59)64-60(65)35-24-36-62(64)67(52-41-42-54-53-31-20-22-33-58(53)66(3,4)61(54)45-52)51-39-37-49(38-40-51)63-56(47-27-16-10-6-11-17-28-47)43-50(46-25-14-8-5-9-15-26-46)44-57(63)48-29-18-12-7-13-19-30-48/h20-24,31-48H,5-19,25-30H2,1-4H3. The lowest BCUT2D eigenvalue weighted by Crippen LogP contribution is -2.17. The molecule has 3 fully saturated rings. The molecule has 5 aliphatic carbocycles. The topological polar surface area (TPSA) is 3.24 Å². The van der Waals surface area contributed by atoms with Crippen molar-refractivity contribution in [1.29, 1.82) is 0 Å². The van der Waals surface area contributed by atoms with Crippen molar-refractivity contribution in [1.82, 2.24) is 0 Å². The van der Waals surface area contributed by atoms with E-state index in [0.29, 0.717) is 17.8 Å². The Morgan fingerprint density at radius 2 is 0.806 bits per heavy atom. The van der Waals surface area contributed by atoms with Gasteiger partial charge in [0.2, 0.25) is 0 Å². The third-order valence-electron chi connectivity index (χ3n) is 18.0. The monoisotopic (exact) mass is 884 g/mol. The minimum absolute atomic E-state index is 0.0813. The molecule has 0 bridgehead atoms. The van der Waals surface area contributed by atoms with Gasteiger partial charge in [-0.3, -0.25) is 0 Å². The molecule has 0 spiro atoms. The summed E-state index contributed by atoms with van der Waals surface area (Å²) < 4.78 is 0. The summed E-state index contributed by atoms with van der Waals surface area (Å²) in [5, 5.41) is 0. The zero-order valence-corrected chi connectivity index (χ0v) is 41.6. The van der Waals surface area contributed by atoms with Gasteiger partial charge in [0.25, 0.3) is 0 Å². The molecule has 0 atom stereocenters. The summed E-state index contributed by atoms with van der Waals surface area (Å²) in [5.41, 5.74) is 22.9. The third kappa shape index (κ3) is 8.33. The summed E-state index contributed by atoms with van der Waals surface area (Å²) in [6.07, 6.45) is 29.0. The fourth-order valence-electron chi connectivity index (χ4n) is 14.2. The molecular formula is C66H77N. The van der Waals surface area contributed by atoms with Gasteiger partial charge in [-0.15, -0.1) is 0 Å². The van der Waals surface area contributed by atoms with E-state index in [1.54, 1.807) is 22.3 Å². The van der Waals surface area contributed by atoms with E-state index in [1.165, 1.54) is 202 Å². The SMILES string of the molecule is CC1(C)c2ccccc2-c2ccc(N(c3ccc(-c4c(C5CCCCCCC5)cc(C5CCCCCCC5)cc4C4CCCCCCC4)cc3)c3cccc4c3-c3ccccc3C4(C)C)cc21. The van der Waals surface area contributed by atoms with E-state index in [2.05, 4.69) is 154 Å². The molecule has 0 saturated heterocycles. The predicted molar refractivity (Wildman–Crippen MR) is 287 cm³/mol. The fourth-order valence-corrected chi connectivity index (χ4v) is 14.2. The van der Waals surface area contributed by atoms with Crippen LogP contribution in [0, 0.1) is 0 Å². The Balaban J connectivity index is 1.09. The normalized spacial score (nSPS) is 19.9. The first-order valence-electron chi connectivity index (χ1n) is 27.3. The van der Waals surface area contributed by atoms with Crippen LogP contribution in [-0.2, 0) is 10.8 Å². The molecule has 1 nitrogen and oxygen atoms in total. The molecule has 6 aromatic carbocycles. The molecule has 0 N–H and O–H groups in total. The number of fused-ring (bicyclic) bond motifs is 6. The summed E-state index contributed by atoms with van der Waals surface area (Å²) in [7, 11) is 0. The van der Waals surface area contributed by atoms with Gasteiger partial charge in [0.05, 0.1) is 5.69 Å². The number of benzene rings is 6. The highest BCUT2D eigenvalue weighted by molar-refractivity contribution is 5.96. The molecule has 3 saturated carbocycles. The van der Waals surface area contributed by atoms with Crippen LogP contribution >= 0.6 is 0 Å². The van der Waals surface area contributed by atoms with Crippen molar-refractivity contribution in [2.45, 2.75) is 191 Å². The Morgan fingerprint density at radius 1 is 0.358 bits per heavy atom. The lowest BCUT2D eigenvalue weighted by molar-refractivity contribution is 0.442. The molecule has 0 aliphatic heterocycles. The van der Waals surface area contributed by atoms with Gasteiger partial charge in [-0.05, 0) is 153 Å². The van der Waals surface area contributed by atoms with Gasteiger partial charge < -0.3 is 4.90 Å².